The molecule has 1 heterocycles. The summed E-state index contributed by atoms with van der Waals surface area (Å²) >= 11 is 6.08. The lowest BCUT2D eigenvalue weighted by molar-refractivity contribution is 0.218. The van der Waals surface area contributed by atoms with Crippen molar-refractivity contribution in [2.75, 3.05) is 19.7 Å². The van der Waals surface area contributed by atoms with E-state index in [1.165, 1.54) is 12.8 Å². The standard InChI is InChI=1S/C14H20ClNO/c1-2-12-8-13(5-6-14(12)15)17-10-11-4-3-7-16-9-11/h5-6,8,11,16H,2-4,7,9-10H2,1H3/t11-/m0/s1. The van der Waals surface area contributed by atoms with Crippen molar-refractivity contribution in [3.8, 4) is 5.75 Å². The molecule has 1 fully saturated rings. The molecule has 1 aromatic rings. The topological polar surface area (TPSA) is 21.3 Å². The van der Waals surface area contributed by atoms with Crippen molar-refractivity contribution in [1.82, 2.24) is 5.32 Å². The second-order valence-electron chi connectivity index (χ2n) is 4.63. The number of rotatable bonds is 4. The Morgan fingerprint density at radius 1 is 1.47 bits per heavy atom. The Kier molecular flexibility index (Phi) is 4.69. The second-order valence-corrected chi connectivity index (χ2v) is 5.04. The number of ether oxygens (including phenoxy) is 1. The molecule has 0 aliphatic carbocycles. The van der Waals surface area contributed by atoms with Crippen LogP contribution in [0.4, 0.5) is 0 Å². The van der Waals surface area contributed by atoms with E-state index in [2.05, 4.69) is 18.3 Å². The number of nitrogens with one attached hydrogen (secondary N) is 1. The fourth-order valence-corrected chi connectivity index (χ4v) is 2.44. The van der Waals surface area contributed by atoms with E-state index in [1.54, 1.807) is 0 Å². The highest BCUT2D eigenvalue weighted by molar-refractivity contribution is 6.31. The molecule has 0 bridgehead atoms. The first kappa shape index (κ1) is 12.7. The van der Waals surface area contributed by atoms with Gasteiger partial charge in [-0.15, -0.1) is 0 Å². The van der Waals surface area contributed by atoms with Crippen molar-refractivity contribution >= 4 is 11.6 Å². The van der Waals surface area contributed by atoms with Gasteiger partial charge >= 0.3 is 0 Å². The first-order valence-corrected chi connectivity index (χ1v) is 6.79. The van der Waals surface area contributed by atoms with Gasteiger partial charge in [0, 0.05) is 17.5 Å². The predicted octanol–water partition coefficient (Wildman–Crippen LogP) is 3.28. The van der Waals surface area contributed by atoms with Gasteiger partial charge in [0.15, 0.2) is 0 Å². The molecule has 0 radical (unpaired) electrons. The number of hydrogen-bond donors (Lipinski definition) is 1. The van der Waals surface area contributed by atoms with Gasteiger partial charge in [0.25, 0.3) is 0 Å². The van der Waals surface area contributed by atoms with Crippen molar-refractivity contribution < 1.29 is 4.74 Å². The molecule has 3 heteroatoms. The van der Waals surface area contributed by atoms with E-state index in [0.717, 1.165) is 42.5 Å². The summed E-state index contributed by atoms with van der Waals surface area (Å²) in [6.45, 7) is 5.14. The first-order chi connectivity index (χ1) is 8.29. The predicted molar refractivity (Wildman–Crippen MR) is 71.9 cm³/mol. The van der Waals surface area contributed by atoms with Gasteiger partial charge in [0.05, 0.1) is 6.61 Å². The Hall–Kier alpha value is -0.730. The van der Waals surface area contributed by atoms with E-state index >= 15 is 0 Å². The fraction of sp³-hybridized carbons (Fsp3) is 0.571. The summed E-state index contributed by atoms with van der Waals surface area (Å²) in [7, 11) is 0. The summed E-state index contributed by atoms with van der Waals surface area (Å²) in [5, 5.41) is 4.23. The van der Waals surface area contributed by atoms with Gasteiger partial charge in [-0.3, -0.25) is 0 Å². The van der Waals surface area contributed by atoms with Gasteiger partial charge in [-0.1, -0.05) is 18.5 Å². The van der Waals surface area contributed by atoms with Gasteiger partial charge in [-0.2, -0.15) is 0 Å². The molecule has 2 nitrogen and oxygen atoms in total. The van der Waals surface area contributed by atoms with Crippen LogP contribution in [-0.2, 0) is 6.42 Å². The molecular weight excluding hydrogens is 234 g/mol. The smallest absolute Gasteiger partial charge is 0.119 e. The first-order valence-electron chi connectivity index (χ1n) is 6.41. The highest BCUT2D eigenvalue weighted by Gasteiger charge is 2.13. The van der Waals surface area contributed by atoms with Crippen LogP contribution in [-0.4, -0.2) is 19.7 Å². The molecule has 1 atom stereocenters. The maximum atomic E-state index is 6.08. The fourth-order valence-electron chi connectivity index (χ4n) is 2.19. The summed E-state index contributed by atoms with van der Waals surface area (Å²) in [6, 6.07) is 5.94. The van der Waals surface area contributed by atoms with Crippen LogP contribution in [0, 0.1) is 5.92 Å². The number of hydrogen-bond acceptors (Lipinski definition) is 2. The third-order valence-corrected chi connectivity index (χ3v) is 3.65. The third-order valence-electron chi connectivity index (χ3n) is 3.28. The average Bonchev–Trinajstić information content (AvgIpc) is 2.39. The van der Waals surface area contributed by atoms with Gasteiger partial charge in [0.1, 0.15) is 5.75 Å². The molecule has 2 rings (SSSR count). The lowest BCUT2D eigenvalue weighted by Crippen LogP contribution is -2.33. The molecule has 1 saturated heterocycles. The van der Waals surface area contributed by atoms with Crippen LogP contribution in [0.15, 0.2) is 18.2 Å². The van der Waals surface area contributed by atoms with Crippen LogP contribution in [0.25, 0.3) is 0 Å². The summed E-state index contributed by atoms with van der Waals surface area (Å²) in [5.74, 6) is 1.58. The average molecular weight is 254 g/mol. The maximum Gasteiger partial charge on any atom is 0.119 e. The number of piperidine rings is 1. The number of aryl methyl sites for hydroxylation is 1. The van der Waals surface area contributed by atoms with Crippen molar-refractivity contribution in [1.29, 1.82) is 0 Å². The van der Waals surface area contributed by atoms with Gasteiger partial charge < -0.3 is 10.1 Å². The van der Waals surface area contributed by atoms with Gasteiger partial charge in [0.2, 0.25) is 0 Å². The molecule has 0 spiro atoms. The van der Waals surface area contributed by atoms with Crippen molar-refractivity contribution in [2.24, 2.45) is 5.92 Å². The highest BCUT2D eigenvalue weighted by atomic mass is 35.5. The zero-order valence-corrected chi connectivity index (χ0v) is 11.1. The summed E-state index contributed by atoms with van der Waals surface area (Å²) < 4.78 is 5.84. The van der Waals surface area contributed by atoms with Crippen molar-refractivity contribution in [3.63, 3.8) is 0 Å². The lowest BCUT2D eigenvalue weighted by Gasteiger charge is -2.22. The Balaban J connectivity index is 1.89. The molecule has 1 aliphatic rings. The second kappa shape index (κ2) is 6.27. The number of benzene rings is 1. The van der Waals surface area contributed by atoms with Crippen molar-refractivity contribution in [2.45, 2.75) is 26.2 Å². The van der Waals surface area contributed by atoms with Gasteiger partial charge in [-0.05, 0) is 49.6 Å². The van der Waals surface area contributed by atoms with E-state index in [4.69, 9.17) is 16.3 Å². The highest BCUT2D eigenvalue weighted by Crippen LogP contribution is 2.23. The molecule has 0 saturated carbocycles. The summed E-state index contributed by atoms with van der Waals surface area (Å²) in [4.78, 5) is 0. The van der Waals surface area contributed by atoms with E-state index < -0.39 is 0 Å². The Labute approximate surface area is 108 Å². The van der Waals surface area contributed by atoms with Crippen LogP contribution in [0.1, 0.15) is 25.3 Å². The zero-order valence-electron chi connectivity index (χ0n) is 10.3. The number of halogens is 1. The van der Waals surface area contributed by atoms with E-state index in [-0.39, 0.29) is 0 Å². The Morgan fingerprint density at radius 3 is 3.06 bits per heavy atom. The molecule has 1 N–H and O–H groups in total. The summed E-state index contributed by atoms with van der Waals surface area (Å²) in [6.07, 6.45) is 3.47. The van der Waals surface area contributed by atoms with Gasteiger partial charge in [-0.25, -0.2) is 0 Å². The molecule has 0 amide bonds. The Morgan fingerprint density at radius 2 is 2.35 bits per heavy atom. The van der Waals surface area contributed by atoms with Crippen LogP contribution >= 0.6 is 11.6 Å². The molecule has 1 aliphatic heterocycles. The quantitative estimate of drug-likeness (QED) is 0.889. The minimum Gasteiger partial charge on any atom is -0.493 e. The molecule has 0 aromatic heterocycles. The molecule has 0 unspecified atom stereocenters. The lowest BCUT2D eigenvalue weighted by atomic mass is 10.0. The SMILES string of the molecule is CCc1cc(OC[C@H]2CCCNC2)ccc1Cl. The largest absolute Gasteiger partial charge is 0.493 e. The minimum atomic E-state index is 0.643. The normalized spacial score (nSPS) is 20.2. The summed E-state index contributed by atoms with van der Waals surface area (Å²) in [5.41, 5.74) is 1.16. The van der Waals surface area contributed by atoms with Crippen LogP contribution in [0.3, 0.4) is 0 Å². The van der Waals surface area contributed by atoms with E-state index in [1.807, 2.05) is 12.1 Å². The zero-order chi connectivity index (χ0) is 12.1. The minimum absolute atomic E-state index is 0.643. The Bertz CT molecular complexity index is 361. The van der Waals surface area contributed by atoms with E-state index in [9.17, 15) is 0 Å². The molecular formula is C14H20ClNO. The molecule has 1 aromatic carbocycles. The van der Waals surface area contributed by atoms with Crippen LogP contribution in [0.5, 0.6) is 5.75 Å². The molecule has 94 valence electrons. The maximum absolute atomic E-state index is 6.08. The third kappa shape index (κ3) is 3.62. The van der Waals surface area contributed by atoms with Crippen LogP contribution < -0.4 is 10.1 Å². The van der Waals surface area contributed by atoms with Crippen LogP contribution in [0.2, 0.25) is 5.02 Å². The molecule has 17 heavy (non-hydrogen) atoms. The monoisotopic (exact) mass is 253 g/mol. The van der Waals surface area contributed by atoms with E-state index in [0.29, 0.717) is 5.92 Å². The van der Waals surface area contributed by atoms with Crippen molar-refractivity contribution in [3.05, 3.63) is 28.8 Å².